The molecule has 148 valence electrons. The number of esters is 1. The molecule has 0 saturated heterocycles. The molecule has 0 radical (unpaired) electrons. The molecule has 1 heterocycles. The second-order valence-corrected chi connectivity index (χ2v) is 6.28. The summed E-state index contributed by atoms with van der Waals surface area (Å²) in [6.07, 6.45) is 2.48. The van der Waals surface area contributed by atoms with Crippen molar-refractivity contribution >= 4 is 18.1 Å². The molecule has 0 atom stereocenters. The van der Waals surface area contributed by atoms with Crippen LogP contribution in [0, 0.1) is 0 Å². The van der Waals surface area contributed by atoms with Gasteiger partial charge >= 0.3 is 5.97 Å². The van der Waals surface area contributed by atoms with Crippen molar-refractivity contribution in [1.29, 1.82) is 0 Å². The number of carbonyl (C=O) groups excluding carboxylic acids is 2. The minimum absolute atomic E-state index is 0.161. The van der Waals surface area contributed by atoms with Crippen molar-refractivity contribution < 1.29 is 18.7 Å². The van der Waals surface area contributed by atoms with Crippen LogP contribution in [0.25, 0.3) is 11.3 Å². The Labute approximate surface area is 169 Å². The van der Waals surface area contributed by atoms with E-state index in [1.165, 1.54) is 6.21 Å². The van der Waals surface area contributed by atoms with Crippen LogP contribution in [0.5, 0.6) is 0 Å². The number of hydrazone groups is 1. The van der Waals surface area contributed by atoms with Crippen molar-refractivity contribution in [3.05, 3.63) is 83.6 Å². The molecule has 0 saturated carbocycles. The highest BCUT2D eigenvalue weighted by molar-refractivity contribution is 5.90. The molecule has 1 N–H and O–H groups in total. The normalized spacial score (nSPS) is 10.8. The zero-order valence-electron chi connectivity index (χ0n) is 16.1. The second-order valence-electron chi connectivity index (χ2n) is 6.28. The largest absolute Gasteiger partial charge is 0.462 e. The Morgan fingerprint density at radius 2 is 1.79 bits per heavy atom. The number of benzene rings is 2. The van der Waals surface area contributed by atoms with Crippen LogP contribution in [0.4, 0.5) is 0 Å². The van der Waals surface area contributed by atoms with Gasteiger partial charge in [0.2, 0.25) is 5.91 Å². The van der Waals surface area contributed by atoms with E-state index in [0.29, 0.717) is 36.5 Å². The van der Waals surface area contributed by atoms with E-state index in [4.69, 9.17) is 9.15 Å². The lowest BCUT2D eigenvalue weighted by atomic mass is 10.1. The average molecular weight is 390 g/mol. The van der Waals surface area contributed by atoms with Crippen LogP contribution in [0.1, 0.15) is 35.0 Å². The number of aryl methyl sites for hydroxylation is 1. The molecule has 3 aromatic rings. The predicted molar refractivity (Wildman–Crippen MR) is 111 cm³/mol. The molecular weight excluding hydrogens is 368 g/mol. The smallest absolute Gasteiger partial charge is 0.338 e. The molecule has 0 bridgehead atoms. The molecule has 3 rings (SSSR count). The third-order valence-electron chi connectivity index (χ3n) is 4.17. The first-order chi connectivity index (χ1) is 14.2. The molecule has 6 nitrogen and oxygen atoms in total. The van der Waals surface area contributed by atoms with Gasteiger partial charge in [-0.1, -0.05) is 42.5 Å². The molecule has 1 aromatic heterocycles. The van der Waals surface area contributed by atoms with E-state index in [-0.39, 0.29) is 11.9 Å². The summed E-state index contributed by atoms with van der Waals surface area (Å²) < 4.78 is 10.7. The second kappa shape index (κ2) is 10.0. The van der Waals surface area contributed by atoms with Crippen molar-refractivity contribution in [2.24, 2.45) is 5.10 Å². The Morgan fingerprint density at radius 3 is 2.52 bits per heavy atom. The maximum absolute atomic E-state index is 11.9. The zero-order valence-corrected chi connectivity index (χ0v) is 16.1. The molecule has 0 fully saturated rings. The fourth-order valence-corrected chi connectivity index (χ4v) is 2.69. The van der Waals surface area contributed by atoms with E-state index in [1.807, 2.05) is 30.3 Å². The summed E-state index contributed by atoms with van der Waals surface area (Å²) in [5, 5.41) is 3.94. The lowest BCUT2D eigenvalue weighted by Crippen LogP contribution is -2.17. The van der Waals surface area contributed by atoms with E-state index in [0.717, 1.165) is 11.1 Å². The summed E-state index contributed by atoms with van der Waals surface area (Å²) in [4.78, 5) is 23.6. The summed E-state index contributed by atoms with van der Waals surface area (Å²) in [6.45, 7) is 2.11. The van der Waals surface area contributed by atoms with Gasteiger partial charge in [-0.3, -0.25) is 4.79 Å². The molecule has 0 spiro atoms. The lowest BCUT2D eigenvalue weighted by Gasteiger charge is -2.02. The highest BCUT2D eigenvalue weighted by Gasteiger charge is 2.08. The van der Waals surface area contributed by atoms with Crippen molar-refractivity contribution in [3.8, 4) is 11.3 Å². The molecule has 0 aliphatic rings. The topological polar surface area (TPSA) is 80.9 Å². The molecule has 29 heavy (non-hydrogen) atoms. The number of rotatable bonds is 8. The maximum Gasteiger partial charge on any atom is 0.338 e. The number of hydrogen-bond donors (Lipinski definition) is 1. The number of nitrogens with one attached hydrogen (secondary N) is 1. The lowest BCUT2D eigenvalue weighted by molar-refractivity contribution is -0.121. The monoisotopic (exact) mass is 390 g/mol. The first-order valence-electron chi connectivity index (χ1n) is 9.39. The summed E-state index contributed by atoms with van der Waals surface area (Å²) in [5.74, 6) is 0.635. The third kappa shape index (κ3) is 5.90. The standard InChI is InChI=1S/C23H22N2O4/c1-2-28-23(27)19-11-9-18(10-12-19)21-14-13-20(29-21)16-24-25-22(26)15-8-17-6-4-3-5-7-17/h3-7,9-14,16H,2,8,15H2,1H3,(H,25,26)/b24-16-. The fraction of sp³-hybridized carbons (Fsp3) is 0.174. The summed E-state index contributed by atoms with van der Waals surface area (Å²) in [5.41, 5.74) is 4.92. The van der Waals surface area contributed by atoms with Gasteiger partial charge < -0.3 is 9.15 Å². The number of furan rings is 1. The Hall–Kier alpha value is -3.67. The first kappa shape index (κ1) is 20.1. The average Bonchev–Trinajstić information content (AvgIpc) is 3.22. The molecule has 6 heteroatoms. The number of hydrogen-bond acceptors (Lipinski definition) is 5. The number of nitrogens with zero attached hydrogens (tertiary/aromatic N) is 1. The highest BCUT2D eigenvalue weighted by Crippen LogP contribution is 2.22. The fourth-order valence-electron chi connectivity index (χ4n) is 2.69. The Morgan fingerprint density at radius 1 is 1.03 bits per heavy atom. The molecule has 0 aliphatic carbocycles. The van der Waals surface area contributed by atoms with E-state index in [2.05, 4.69) is 10.5 Å². The first-order valence-corrected chi connectivity index (χ1v) is 9.39. The van der Waals surface area contributed by atoms with Gasteiger partial charge in [0, 0.05) is 12.0 Å². The van der Waals surface area contributed by atoms with E-state index in [1.54, 1.807) is 43.3 Å². The number of carbonyl (C=O) groups is 2. The minimum atomic E-state index is -0.352. The molecule has 0 unspecified atom stereocenters. The van der Waals surface area contributed by atoms with Crippen LogP contribution in [-0.4, -0.2) is 24.7 Å². The molecule has 1 amide bonds. The van der Waals surface area contributed by atoms with Gasteiger partial charge in [0.1, 0.15) is 11.5 Å². The zero-order chi connectivity index (χ0) is 20.5. The van der Waals surface area contributed by atoms with Crippen LogP contribution < -0.4 is 5.43 Å². The number of amides is 1. The molecular formula is C23H22N2O4. The van der Waals surface area contributed by atoms with Crippen LogP contribution in [0.2, 0.25) is 0 Å². The van der Waals surface area contributed by atoms with Crippen molar-refractivity contribution in [2.45, 2.75) is 19.8 Å². The van der Waals surface area contributed by atoms with Gasteiger partial charge in [0.15, 0.2) is 0 Å². The minimum Gasteiger partial charge on any atom is -0.462 e. The van der Waals surface area contributed by atoms with Crippen molar-refractivity contribution in [2.75, 3.05) is 6.61 Å². The predicted octanol–water partition coefficient (Wildman–Crippen LogP) is 4.21. The van der Waals surface area contributed by atoms with Crippen molar-refractivity contribution in [3.63, 3.8) is 0 Å². The van der Waals surface area contributed by atoms with Gasteiger partial charge in [0.05, 0.1) is 18.4 Å². The summed E-state index contributed by atoms with van der Waals surface area (Å²) in [6, 6.07) is 20.3. The van der Waals surface area contributed by atoms with Gasteiger partial charge in [-0.2, -0.15) is 5.10 Å². The Bertz CT molecular complexity index is 976. The quantitative estimate of drug-likeness (QED) is 0.355. The Balaban J connectivity index is 1.52. The van der Waals surface area contributed by atoms with Gasteiger partial charge in [-0.15, -0.1) is 0 Å². The third-order valence-corrected chi connectivity index (χ3v) is 4.17. The molecule has 0 aliphatic heterocycles. The van der Waals surface area contributed by atoms with Gasteiger partial charge in [-0.05, 0) is 43.2 Å². The maximum atomic E-state index is 11.9. The van der Waals surface area contributed by atoms with Crippen LogP contribution in [0.3, 0.4) is 0 Å². The molecule has 2 aromatic carbocycles. The summed E-state index contributed by atoms with van der Waals surface area (Å²) >= 11 is 0. The summed E-state index contributed by atoms with van der Waals surface area (Å²) in [7, 11) is 0. The van der Waals surface area contributed by atoms with Crippen LogP contribution >= 0.6 is 0 Å². The van der Waals surface area contributed by atoms with E-state index in [9.17, 15) is 9.59 Å². The SMILES string of the molecule is CCOC(=O)c1ccc(-c2ccc(/C=N\NC(=O)CCc3ccccc3)o2)cc1. The van der Waals surface area contributed by atoms with Crippen LogP contribution in [0.15, 0.2) is 76.2 Å². The van der Waals surface area contributed by atoms with E-state index < -0.39 is 0 Å². The van der Waals surface area contributed by atoms with Crippen LogP contribution in [-0.2, 0) is 16.0 Å². The van der Waals surface area contributed by atoms with Gasteiger partial charge in [0.25, 0.3) is 0 Å². The Kier molecular flexibility index (Phi) is 6.95. The van der Waals surface area contributed by atoms with Gasteiger partial charge in [-0.25, -0.2) is 10.2 Å². The number of ether oxygens (including phenoxy) is 1. The highest BCUT2D eigenvalue weighted by atomic mass is 16.5. The van der Waals surface area contributed by atoms with Crippen molar-refractivity contribution in [1.82, 2.24) is 5.43 Å². The van der Waals surface area contributed by atoms with E-state index >= 15 is 0 Å².